The lowest BCUT2D eigenvalue weighted by atomic mass is 9.96. The van der Waals surface area contributed by atoms with Crippen LogP contribution in [0.5, 0.6) is 0 Å². The van der Waals surface area contributed by atoms with E-state index < -0.39 is 0 Å². The third kappa shape index (κ3) is 4.59. The first-order valence-corrected chi connectivity index (χ1v) is 19.9. The Morgan fingerprint density at radius 3 is 1.71 bits per heavy atom. The maximum Gasteiger partial charge on any atom is 0.135 e. The number of aromatic nitrogens is 2. The SMILES string of the molecule is c1ccc(-n2c3ccc(-c4ccc5cc(-c6cc7c8c(cccc8n6)-c6ccccc6-7)ccc5c4)cc3c3cc(-c4ccc5oc6ccccc6c5c4)ccc32)cc1. The van der Waals surface area contributed by atoms with E-state index in [4.69, 9.17) is 9.40 Å². The number of furan rings is 1. The first kappa shape index (κ1) is 31.5. The molecule has 3 heteroatoms. The molecule has 0 amide bonds. The second-order valence-electron chi connectivity index (χ2n) is 15.5. The number of nitrogens with zero attached hydrogens (tertiary/aromatic N) is 2. The summed E-state index contributed by atoms with van der Waals surface area (Å²) >= 11 is 0. The zero-order valence-corrected chi connectivity index (χ0v) is 31.3. The van der Waals surface area contributed by atoms with Gasteiger partial charge in [0.2, 0.25) is 0 Å². The standard InChI is InChI=1S/C55H32N2O/c1-2-9-40(10-3-1)57-51-24-21-36(29-45(51)46-30-37(22-25-52(46)57)38-23-26-54-47(31-38)43-13-6-7-16-53(43)58-54)34-17-18-35-28-39(20-19-33(35)27-34)50-32-48-42-12-5-4-11-41(42)44-14-8-15-49(56-50)55(44)48/h1-32H. The van der Waals surface area contributed by atoms with E-state index in [-0.39, 0.29) is 0 Å². The van der Waals surface area contributed by atoms with Crippen LogP contribution in [0.3, 0.4) is 0 Å². The van der Waals surface area contributed by atoms with E-state index in [0.717, 1.165) is 44.4 Å². The third-order valence-electron chi connectivity index (χ3n) is 12.3. The number of benzene rings is 9. The summed E-state index contributed by atoms with van der Waals surface area (Å²) in [5.74, 6) is 0. The number of rotatable bonds is 4. The minimum absolute atomic E-state index is 0.909. The number of fused-ring (bicyclic) bond motifs is 10. The number of hydrogen-bond acceptors (Lipinski definition) is 2. The van der Waals surface area contributed by atoms with Gasteiger partial charge in [0.05, 0.1) is 22.2 Å². The van der Waals surface area contributed by atoms with Crippen LogP contribution in [0.25, 0.3) is 127 Å². The van der Waals surface area contributed by atoms with Gasteiger partial charge in [-0.25, -0.2) is 4.98 Å². The van der Waals surface area contributed by atoms with E-state index in [1.54, 1.807) is 0 Å². The summed E-state index contributed by atoms with van der Waals surface area (Å²) in [4.78, 5) is 5.18. The predicted molar refractivity (Wildman–Crippen MR) is 242 cm³/mol. The molecular formula is C55H32N2O. The maximum atomic E-state index is 6.16. The average molecular weight is 737 g/mol. The van der Waals surface area contributed by atoms with Crippen molar-refractivity contribution in [2.24, 2.45) is 0 Å². The Kier molecular flexibility index (Phi) is 6.44. The van der Waals surface area contributed by atoms with Crippen LogP contribution in [0.4, 0.5) is 0 Å². The lowest BCUT2D eigenvalue weighted by molar-refractivity contribution is 0.669. The summed E-state index contributed by atoms with van der Waals surface area (Å²) in [7, 11) is 0. The second kappa shape index (κ2) is 11.9. The first-order valence-electron chi connectivity index (χ1n) is 19.9. The van der Waals surface area contributed by atoms with Gasteiger partial charge in [-0.15, -0.1) is 0 Å². The molecule has 3 heterocycles. The molecule has 268 valence electrons. The molecule has 0 spiro atoms. The largest absolute Gasteiger partial charge is 0.456 e. The minimum Gasteiger partial charge on any atom is -0.456 e. The monoisotopic (exact) mass is 736 g/mol. The Balaban J connectivity index is 0.925. The van der Waals surface area contributed by atoms with Gasteiger partial charge in [0.15, 0.2) is 0 Å². The van der Waals surface area contributed by atoms with E-state index >= 15 is 0 Å². The summed E-state index contributed by atoms with van der Waals surface area (Å²) in [6.07, 6.45) is 0. The Labute approximate surface area is 333 Å². The van der Waals surface area contributed by atoms with Crippen LogP contribution >= 0.6 is 0 Å². The molecule has 0 aliphatic heterocycles. The fourth-order valence-corrected chi connectivity index (χ4v) is 9.55. The van der Waals surface area contributed by atoms with Gasteiger partial charge in [-0.05, 0) is 134 Å². The average Bonchev–Trinajstić information content (AvgIpc) is 3.94. The molecule has 1 aliphatic rings. The van der Waals surface area contributed by atoms with Crippen LogP contribution in [-0.2, 0) is 0 Å². The van der Waals surface area contributed by atoms with Gasteiger partial charge in [0, 0.05) is 38.2 Å². The van der Waals surface area contributed by atoms with Crippen molar-refractivity contribution in [1.29, 1.82) is 0 Å². The van der Waals surface area contributed by atoms with Crippen LogP contribution in [-0.4, -0.2) is 9.55 Å². The van der Waals surface area contributed by atoms with Gasteiger partial charge in [0.1, 0.15) is 11.2 Å². The molecule has 1 aliphatic carbocycles. The quantitative estimate of drug-likeness (QED) is 0.180. The van der Waals surface area contributed by atoms with Gasteiger partial charge >= 0.3 is 0 Å². The highest BCUT2D eigenvalue weighted by Crippen LogP contribution is 2.48. The lowest BCUT2D eigenvalue weighted by Crippen LogP contribution is -1.93. The summed E-state index contributed by atoms with van der Waals surface area (Å²) in [6.45, 7) is 0. The number of hydrogen-bond donors (Lipinski definition) is 0. The van der Waals surface area contributed by atoms with Crippen LogP contribution < -0.4 is 0 Å². The Morgan fingerprint density at radius 1 is 0.362 bits per heavy atom. The number of pyridine rings is 1. The van der Waals surface area contributed by atoms with E-state index in [1.165, 1.54) is 82.5 Å². The van der Waals surface area contributed by atoms with Crippen molar-refractivity contribution in [2.75, 3.05) is 0 Å². The van der Waals surface area contributed by atoms with Crippen molar-refractivity contribution in [3.8, 4) is 61.5 Å². The normalized spacial score (nSPS) is 12.1. The molecular weight excluding hydrogens is 705 g/mol. The predicted octanol–water partition coefficient (Wildman–Crippen LogP) is 15.0. The van der Waals surface area contributed by atoms with Gasteiger partial charge in [0.25, 0.3) is 0 Å². The number of para-hydroxylation sites is 2. The molecule has 9 aromatic carbocycles. The van der Waals surface area contributed by atoms with Crippen molar-refractivity contribution in [2.45, 2.75) is 0 Å². The van der Waals surface area contributed by atoms with Gasteiger partial charge in [-0.1, -0.05) is 115 Å². The summed E-state index contributed by atoms with van der Waals surface area (Å²) in [5, 5.41) is 8.38. The highest BCUT2D eigenvalue weighted by molar-refractivity contribution is 6.15. The minimum atomic E-state index is 0.909. The molecule has 3 aromatic heterocycles. The maximum absolute atomic E-state index is 6.16. The molecule has 58 heavy (non-hydrogen) atoms. The van der Waals surface area contributed by atoms with E-state index in [1.807, 2.05) is 12.1 Å². The Bertz CT molecular complexity index is 3680. The molecule has 0 bridgehead atoms. The molecule has 12 aromatic rings. The Hall–Kier alpha value is -7.75. The van der Waals surface area contributed by atoms with Crippen LogP contribution in [0, 0.1) is 0 Å². The molecule has 0 atom stereocenters. The van der Waals surface area contributed by atoms with Crippen LogP contribution in [0.15, 0.2) is 199 Å². The molecule has 0 unspecified atom stereocenters. The van der Waals surface area contributed by atoms with Crippen molar-refractivity contribution in [3.63, 3.8) is 0 Å². The Morgan fingerprint density at radius 2 is 0.931 bits per heavy atom. The van der Waals surface area contributed by atoms with Crippen LogP contribution in [0.1, 0.15) is 0 Å². The molecule has 0 N–H and O–H groups in total. The lowest BCUT2D eigenvalue weighted by Gasteiger charge is -2.10. The molecule has 3 nitrogen and oxygen atoms in total. The van der Waals surface area contributed by atoms with E-state index in [9.17, 15) is 0 Å². The van der Waals surface area contributed by atoms with Crippen molar-refractivity contribution < 1.29 is 4.42 Å². The summed E-state index contributed by atoms with van der Waals surface area (Å²) in [6, 6.07) is 70.4. The molecule has 13 rings (SSSR count). The highest BCUT2D eigenvalue weighted by Gasteiger charge is 2.23. The second-order valence-corrected chi connectivity index (χ2v) is 15.5. The highest BCUT2D eigenvalue weighted by atomic mass is 16.3. The molecule has 0 radical (unpaired) electrons. The van der Waals surface area contributed by atoms with Crippen molar-refractivity contribution in [3.05, 3.63) is 194 Å². The summed E-state index contributed by atoms with van der Waals surface area (Å²) < 4.78 is 8.55. The van der Waals surface area contributed by atoms with Gasteiger partial charge in [-0.2, -0.15) is 0 Å². The van der Waals surface area contributed by atoms with Gasteiger partial charge < -0.3 is 8.98 Å². The van der Waals surface area contributed by atoms with Crippen molar-refractivity contribution in [1.82, 2.24) is 9.55 Å². The molecule has 0 fully saturated rings. The van der Waals surface area contributed by atoms with Crippen LogP contribution in [0.2, 0.25) is 0 Å². The zero-order chi connectivity index (χ0) is 37.9. The summed E-state index contributed by atoms with van der Waals surface area (Å²) in [5.41, 5.74) is 18.4. The first-order chi connectivity index (χ1) is 28.7. The van der Waals surface area contributed by atoms with Gasteiger partial charge in [-0.3, -0.25) is 0 Å². The topological polar surface area (TPSA) is 31.0 Å². The third-order valence-corrected chi connectivity index (χ3v) is 12.3. The fourth-order valence-electron chi connectivity index (χ4n) is 9.55. The zero-order valence-electron chi connectivity index (χ0n) is 31.3. The fraction of sp³-hybridized carbons (Fsp3) is 0. The molecule has 0 saturated heterocycles. The van der Waals surface area contributed by atoms with E-state index in [2.05, 4.69) is 187 Å². The van der Waals surface area contributed by atoms with Crippen molar-refractivity contribution >= 4 is 65.4 Å². The van der Waals surface area contributed by atoms with E-state index in [0.29, 0.717) is 0 Å². The molecule has 0 saturated carbocycles. The smallest absolute Gasteiger partial charge is 0.135 e.